The molecule has 0 saturated heterocycles. The van der Waals surface area contributed by atoms with Crippen LogP contribution in [0.4, 0.5) is 11.4 Å². The van der Waals surface area contributed by atoms with Crippen molar-refractivity contribution in [3.05, 3.63) is 52.5 Å². The van der Waals surface area contributed by atoms with Crippen LogP contribution in [-0.2, 0) is 0 Å². The SMILES string of the molecule is COc1ccc(NC(=O)c2ccc(C)c(Cl)c2)cc1N. The van der Waals surface area contributed by atoms with Gasteiger partial charge in [-0.3, -0.25) is 4.79 Å². The molecule has 0 spiro atoms. The molecule has 0 atom stereocenters. The lowest BCUT2D eigenvalue weighted by Gasteiger charge is -2.09. The number of hydrogen-bond acceptors (Lipinski definition) is 3. The van der Waals surface area contributed by atoms with E-state index in [9.17, 15) is 4.79 Å². The molecule has 0 aliphatic heterocycles. The van der Waals surface area contributed by atoms with E-state index in [1.54, 1.807) is 36.4 Å². The highest BCUT2D eigenvalue weighted by Gasteiger charge is 2.09. The molecule has 104 valence electrons. The number of nitrogen functional groups attached to an aromatic ring is 1. The van der Waals surface area contributed by atoms with E-state index < -0.39 is 0 Å². The fourth-order valence-electron chi connectivity index (χ4n) is 1.75. The Labute approximate surface area is 122 Å². The van der Waals surface area contributed by atoms with Crippen molar-refractivity contribution >= 4 is 28.9 Å². The van der Waals surface area contributed by atoms with E-state index in [2.05, 4.69) is 5.32 Å². The second-order valence-electron chi connectivity index (χ2n) is 4.37. The number of halogens is 1. The van der Waals surface area contributed by atoms with E-state index in [1.807, 2.05) is 6.92 Å². The number of nitrogens with two attached hydrogens (primary N) is 1. The van der Waals surface area contributed by atoms with Gasteiger partial charge in [0.15, 0.2) is 0 Å². The molecule has 0 saturated carbocycles. The minimum Gasteiger partial charge on any atom is -0.495 e. The van der Waals surface area contributed by atoms with Gasteiger partial charge in [0, 0.05) is 16.3 Å². The highest BCUT2D eigenvalue weighted by atomic mass is 35.5. The molecule has 0 fully saturated rings. The maximum atomic E-state index is 12.1. The zero-order chi connectivity index (χ0) is 14.7. The van der Waals surface area contributed by atoms with E-state index in [0.717, 1.165) is 5.56 Å². The second-order valence-corrected chi connectivity index (χ2v) is 4.78. The van der Waals surface area contributed by atoms with Gasteiger partial charge < -0.3 is 15.8 Å². The Bertz CT molecular complexity index is 656. The Balaban J connectivity index is 2.19. The van der Waals surface area contributed by atoms with E-state index >= 15 is 0 Å². The Hall–Kier alpha value is -2.20. The summed E-state index contributed by atoms with van der Waals surface area (Å²) in [6, 6.07) is 10.2. The molecule has 0 aliphatic rings. The summed E-state index contributed by atoms with van der Waals surface area (Å²) in [5.41, 5.74) is 8.28. The number of nitrogens with one attached hydrogen (secondary N) is 1. The van der Waals surface area contributed by atoms with Crippen LogP contribution in [-0.4, -0.2) is 13.0 Å². The average Bonchev–Trinajstić information content (AvgIpc) is 2.42. The fourth-order valence-corrected chi connectivity index (χ4v) is 1.93. The molecule has 0 aromatic heterocycles. The van der Waals surface area contributed by atoms with Crippen molar-refractivity contribution in [1.82, 2.24) is 0 Å². The quantitative estimate of drug-likeness (QED) is 0.851. The maximum Gasteiger partial charge on any atom is 0.255 e. The van der Waals surface area contributed by atoms with Gasteiger partial charge in [-0.2, -0.15) is 0 Å². The number of aryl methyl sites for hydroxylation is 1. The van der Waals surface area contributed by atoms with Crippen LogP contribution in [0.3, 0.4) is 0 Å². The zero-order valence-corrected chi connectivity index (χ0v) is 12.0. The van der Waals surface area contributed by atoms with Gasteiger partial charge in [0.05, 0.1) is 12.8 Å². The molecule has 0 aliphatic carbocycles. The minimum absolute atomic E-state index is 0.239. The van der Waals surface area contributed by atoms with Gasteiger partial charge in [0.25, 0.3) is 5.91 Å². The first-order valence-electron chi connectivity index (χ1n) is 6.02. The smallest absolute Gasteiger partial charge is 0.255 e. The number of anilines is 2. The van der Waals surface area contributed by atoms with Crippen LogP contribution in [0.15, 0.2) is 36.4 Å². The normalized spacial score (nSPS) is 10.2. The standard InChI is InChI=1S/C15H15ClN2O2/c1-9-3-4-10(7-12(9)16)15(19)18-11-5-6-14(20-2)13(17)8-11/h3-8H,17H2,1-2H3,(H,18,19). The van der Waals surface area contributed by atoms with Crippen molar-refractivity contribution in [3.8, 4) is 5.75 Å². The Morgan fingerprint density at radius 3 is 2.60 bits per heavy atom. The van der Waals surface area contributed by atoms with Crippen molar-refractivity contribution in [2.24, 2.45) is 0 Å². The number of amides is 1. The number of benzene rings is 2. The third kappa shape index (κ3) is 3.03. The first-order chi connectivity index (χ1) is 9.51. The number of ether oxygens (including phenoxy) is 1. The maximum absolute atomic E-state index is 12.1. The number of carbonyl (C=O) groups excluding carboxylic acids is 1. The molecule has 2 rings (SSSR count). The Morgan fingerprint density at radius 1 is 1.25 bits per heavy atom. The van der Waals surface area contributed by atoms with Crippen molar-refractivity contribution in [2.45, 2.75) is 6.92 Å². The van der Waals surface area contributed by atoms with Gasteiger partial charge in [-0.25, -0.2) is 0 Å². The molecule has 0 heterocycles. The predicted octanol–water partition coefficient (Wildman–Crippen LogP) is 3.49. The van der Waals surface area contributed by atoms with Crippen LogP contribution in [0, 0.1) is 6.92 Å². The van der Waals surface area contributed by atoms with E-state index in [-0.39, 0.29) is 5.91 Å². The Kier molecular flexibility index (Phi) is 4.15. The summed E-state index contributed by atoms with van der Waals surface area (Å²) in [4.78, 5) is 12.1. The third-order valence-corrected chi connectivity index (χ3v) is 3.33. The van der Waals surface area contributed by atoms with Gasteiger partial charge in [0.1, 0.15) is 5.75 Å². The monoisotopic (exact) mass is 290 g/mol. The van der Waals surface area contributed by atoms with Crippen LogP contribution in [0.2, 0.25) is 5.02 Å². The summed E-state index contributed by atoms with van der Waals surface area (Å²) < 4.78 is 5.06. The van der Waals surface area contributed by atoms with Gasteiger partial charge in [-0.05, 0) is 42.8 Å². The molecule has 2 aromatic carbocycles. The van der Waals surface area contributed by atoms with Crippen LogP contribution >= 0.6 is 11.6 Å². The summed E-state index contributed by atoms with van der Waals surface area (Å²) in [6.45, 7) is 1.88. The molecule has 0 unspecified atom stereocenters. The molecule has 0 bridgehead atoms. The largest absolute Gasteiger partial charge is 0.495 e. The highest BCUT2D eigenvalue weighted by molar-refractivity contribution is 6.31. The first-order valence-corrected chi connectivity index (χ1v) is 6.40. The molecule has 1 amide bonds. The molecule has 20 heavy (non-hydrogen) atoms. The van der Waals surface area contributed by atoms with E-state index in [1.165, 1.54) is 7.11 Å². The summed E-state index contributed by atoms with van der Waals surface area (Å²) in [7, 11) is 1.54. The summed E-state index contributed by atoms with van der Waals surface area (Å²) >= 11 is 6.01. The van der Waals surface area contributed by atoms with Crippen molar-refractivity contribution < 1.29 is 9.53 Å². The van der Waals surface area contributed by atoms with Crippen molar-refractivity contribution in [1.29, 1.82) is 0 Å². The van der Waals surface area contributed by atoms with Crippen molar-refractivity contribution in [3.63, 3.8) is 0 Å². The van der Waals surface area contributed by atoms with Crippen LogP contribution in [0.25, 0.3) is 0 Å². The highest BCUT2D eigenvalue weighted by Crippen LogP contribution is 2.25. The van der Waals surface area contributed by atoms with Crippen LogP contribution < -0.4 is 15.8 Å². The number of hydrogen-bond donors (Lipinski definition) is 2. The summed E-state index contributed by atoms with van der Waals surface area (Å²) in [6.07, 6.45) is 0. The van der Waals surface area contributed by atoms with E-state index in [4.69, 9.17) is 22.1 Å². The van der Waals surface area contributed by atoms with Gasteiger partial charge >= 0.3 is 0 Å². The number of carbonyl (C=O) groups is 1. The lowest BCUT2D eigenvalue weighted by Crippen LogP contribution is -2.12. The first kappa shape index (κ1) is 14.2. The third-order valence-electron chi connectivity index (χ3n) is 2.92. The number of methoxy groups -OCH3 is 1. The van der Waals surface area contributed by atoms with Crippen molar-refractivity contribution in [2.75, 3.05) is 18.2 Å². The van der Waals surface area contributed by atoms with E-state index in [0.29, 0.717) is 27.7 Å². The average molecular weight is 291 g/mol. The molecular weight excluding hydrogens is 276 g/mol. The second kappa shape index (κ2) is 5.84. The van der Waals surface area contributed by atoms with Gasteiger partial charge in [0.2, 0.25) is 0 Å². The molecule has 0 radical (unpaired) electrons. The predicted molar refractivity (Wildman–Crippen MR) is 81.5 cm³/mol. The molecular formula is C15H15ClN2O2. The molecule has 5 heteroatoms. The van der Waals surface area contributed by atoms with Gasteiger partial charge in [-0.15, -0.1) is 0 Å². The topological polar surface area (TPSA) is 64.3 Å². The molecule has 3 N–H and O–H groups in total. The fraction of sp³-hybridized carbons (Fsp3) is 0.133. The van der Waals surface area contributed by atoms with Crippen LogP contribution in [0.5, 0.6) is 5.75 Å². The zero-order valence-electron chi connectivity index (χ0n) is 11.2. The van der Waals surface area contributed by atoms with Gasteiger partial charge in [-0.1, -0.05) is 17.7 Å². The lowest BCUT2D eigenvalue weighted by molar-refractivity contribution is 0.102. The summed E-state index contributed by atoms with van der Waals surface area (Å²) in [5, 5.41) is 3.33. The number of rotatable bonds is 3. The van der Waals surface area contributed by atoms with Crippen LogP contribution in [0.1, 0.15) is 15.9 Å². The lowest BCUT2D eigenvalue weighted by atomic mass is 10.1. The summed E-state index contributed by atoms with van der Waals surface area (Å²) in [5.74, 6) is 0.331. The molecule has 4 nitrogen and oxygen atoms in total. The Morgan fingerprint density at radius 2 is 2.00 bits per heavy atom. The molecule has 2 aromatic rings. The minimum atomic E-state index is -0.239.